The van der Waals surface area contributed by atoms with Crippen molar-refractivity contribution < 1.29 is 22.3 Å². The van der Waals surface area contributed by atoms with Crippen LogP contribution in [0.2, 0.25) is 0 Å². The topological polar surface area (TPSA) is 9.23 Å². The van der Waals surface area contributed by atoms with E-state index in [0.29, 0.717) is 17.9 Å². The predicted octanol–water partition coefficient (Wildman–Crippen LogP) is 9.42. The van der Waals surface area contributed by atoms with Gasteiger partial charge in [0.25, 0.3) is 5.92 Å². The summed E-state index contributed by atoms with van der Waals surface area (Å²) in [5.41, 5.74) is 1.93. The van der Waals surface area contributed by atoms with Crippen LogP contribution in [-0.2, 0) is 12.8 Å². The maximum atomic E-state index is 14.5. The lowest BCUT2D eigenvalue weighted by Crippen LogP contribution is -2.28. The molecule has 35 heavy (non-hydrogen) atoms. The Bertz CT molecular complexity index is 901. The van der Waals surface area contributed by atoms with Crippen molar-refractivity contribution in [2.24, 2.45) is 5.92 Å². The fraction of sp³-hybridized carbons (Fsp3) is 0.600. The zero-order valence-corrected chi connectivity index (χ0v) is 21.2. The highest BCUT2D eigenvalue weighted by molar-refractivity contribution is 5.31. The minimum absolute atomic E-state index is 0.192. The monoisotopic (exact) mass is 492 g/mol. The largest absolute Gasteiger partial charge is 0.484 e. The minimum Gasteiger partial charge on any atom is -0.484 e. The number of benzene rings is 2. The van der Waals surface area contributed by atoms with Crippen molar-refractivity contribution in [1.82, 2.24) is 0 Å². The van der Waals surface area contributed by atoms with Crippen LogP contribution in [0, 0.1) is 17.6 Å². The summed E-state index contributed by atoms with van der Waals surface area (Å²) in [6, 6.07) is 10.1. The normalized spacial score (nSPS) is 18.6. The fourth-order valence-corrected chi connectivity index (χ4v) is 5.22. The van der Waals surface area contributed by atoms with E-state index in [1.165, 1.54) is 81.9 Å². The van der Waals surface area contributed by atoms with E-state index in [2.05, 4.69) is 6.92 Å². The average molecular weight is 493 g/mol. The molecule has 0 atom stereocenters. The lowest BCUT2D eigenvalue weighted by molar-refractivity contribution is -0.0410. The van der Waals surface area contributed by atoms with Gasteiger partial charge in [-0.15, -0.1) is 0 Å². The van der Waals surface area contributed by atoms with Crippen LogP contribution in [0.4, 0.5) is 17.6 Å². The smallest absolute Gasteiger partial charge is 0.285 e. The molecule has 0 N–H and O–H groups in total. The van der Waals surface area contributed by atoms with E-state index >= 15 is 0 Å². The standard InChI is InChI=1S/C30H40F4O/c1-3-5-6-7-8-9-22-10-14-25(15-11-22)26-16-12-23(13-17-26)20-30(33,34)21-35-27-19-18-24(4-2)28(31)29(27)32/h12-13,16-19,22,25H,3-11,14-15,20-21H2,1-2H3. The van der Waals surface area contributed by atoms with Gasteiger partial charge in [0, 0.05) is 6.42 Å². The molecule has 0 amide bonds. The maximum Gasteiger partial charge on any atom is 0.285 e. The van der Waals surface area contributed by atoms with Crippen LogP contribution in [0.3, 0.4) is 0 Å². The molecule has 0 radical (unpaired) electrons. The molecule has 1 aliphatic carbocycles. The Kier molecular flexibility index (Phi) is 10.5. The van der Waals surface area contributed by atoms with Gasteiger partial charge in [-0.05, 0) is 66.7 Å². The molecule has 0 saturated heterocycles. The third-order valence-electron chi connectivity index (χ3n) is 7.42. The van der Waals surface area contributed by atoms with E-state index in [-0.39, 0.29) is 5.56 Å². The van der Waals surface area contributed by atoms with Crippen molar-refractivity contribution in [1.29, 1.82) is 0 Å². The van der Waals surface area contributed by atoms with Gasteiger partial charge in [-0.1, -0.05) is 82.7 Å². The van der Waals surface area contributed by atoms with Crippen LogP contribution < -0.4 is 4.74 Å². The Labute approximate surface area is 208 Å². The van der Waals surface area contributed by atoms with Crippen molar-refractivity contribution in [2.45, 2.75) is 103 Å². The summed E-state index contributed by atoms with van der Waals surface area (Å²) in [4.78, 5) is 0. The molecule has 0 heterocycles. The van der Waals surface area contributed by atoms with E-state index in [4.69, 9.17) is 4.74 Å². The molecule has 0 spiro atoms. The number of hydrogen-bond donors (Lipinski definition) is 0. The lowest BCUT2D eigenvalue weighted by atomic mass is 9.77. The second-order valence-electron chi connectivity index (χ2n) is 10.2. The molecule has 0 aliphatic heterocycles. The minimum atomic E-state index is -3.19. The number of hydrogen-bond acceptors (Lipinski definition) is 1. The van der Waals surface area contributed by atoms with Crippen molar-refractivity contribution in [3.8, 4) is 5.75 Å². The summed E-state index contributed by atoms with van der Waals surface area (Å²) < 4.78 is 61.9. The van der Waals surface area contributed by atoms with Crippen LogP contribution in [0.1, 0.15) is 101 Å². The third-order valence-corrected chi connectivity index (χ3v) is 7.42. The van der Waals surface area contributed by atoms with Crippen LogP contribution in [0.15, 0.2) is 36.4 Å². The van der Waals surface area contributed by atoms with Gasteiger partial charge in [0.15, 0.2) is 18.2 Å². The van der Waals surface area contributed by atoms with Gasteiger partial charge in [-0.2, -0.15) is 4.39 Å². The summed E-state index contributed by atoms with van der Waals surface area (Å²) in [7, 11) is 0. The Morgan fingerprint density at radius 3 is 2.17 bits per heavy atom. The van der Waals surface area contributed by atoms with Crippen molar-refractivity contribution in [2.75, 3.05) is 6.61 Å². The van der Waals surface area contributed by atoms with Crippen molar-refractivity contribution >= 4 is 0 Å². The highest BCUT2D eigenvalue weighted by Gasteiger charge is 2.31. The second kappa shape index (κ2) is 13.3. The number of unbranched alkanes of at least 4 members (excludes halogenated alkanes) is 4. The van der Waals surface area contributed by atoms with Crippen LogP contribution in [-0.4, -0.2) is 12.5 Å². The summed E-state index contributed by atoms with van der Waals surface area (Å²) in [6.07, 6.45) is 12.7. The Morgan fingerprint density at radius 2 is 1.51 bits per heavy atom. The van der Waals surface area contributed by atoms with Crippen LogP contribution >= 0.6 is 0 Å². The summed E-state index contributed by atoms with van der Waals surface area (Å²) in [5, 5.41) is 0. The molecule has 1 fully saturated rings. The number of halogens is 4. The van der Waals surface area contributed by atoms with Crippen LogP contribution in [0.25, 0.3) is 0 Å². The molecule has 2 aromatic carbocycles. The Hall–Kier alpha value is -2.04. The third kappa shape index (κ3) is 8.25. The van der Waals surface area contributed by atoms with E-state index in [1.807, 2.05) is 12.1 Å². The molecular weight excluding hydrogens is 452 g/mol. The molecule has 0 unspecified atom stereocenters. The molecule has 0 bridgehead atoms. The van der Waals surface area contributed by atoms with Gasteiger partial charge in [-0.3, -0.25) is 0 Å². The SMILES string of the molecule is CCCCCCCC1CCC(c2ccc(CC(F)(F)COc3ccc(CC)c(F)c3F)cc2)CC1. The molecule has 2 aromatic rings. The summed E-state index contributed by atoms with van der Waals surface area (Å²) >= 11 is 0. The number of rotatable bonds is 13. The van der Waals surface area contributed by atoms with Crippen molar-refractivity contribution in [3.05, 3.63) is 64.7 Å². The first-order chi connectivity index (χ1) is 16.8. The fourth-order valence-electron chi connectivity index (χ4n) is 5.22. The van der Waals surface area contributed by atoms with Gasteiger partial charge in [-0.25, -0.2) is 13.2 Å². The summed E-state index contributed by atoms with van der Waals surface area (Å²) in [6.45, 7) is 2.94. The van der Waals surface area contributed by atoms with Gasteiger partial charge >= 0.3 is 0 Å². The number of ether oxygens (including phenoxy) is 1. The molecule has 0 aromatic heterocycles. The van der Waals surface area contributed by atoms with Gasteiger partial charge in [0.1, 0.15) is 0 Å². The highest BCUT2D eigenvalue weighted by Crippen LogP contribution is 2.38. The molecule has 1 nitrogen and oxygen atoms in total. The molecule has 3 rings (SSSR count). The predicted molar refractivity (Wildman–Crippen MR) is 134 cm³/mol. The van der Waals surface area contributed by atoms with Crippen molar-refractivity contribution in [3.63, 3.8) is 0 Å². The quantitative estimate of drug-likeness (QED) is 0.200. The molecule has 194 valence electrons. The highest BCUT2D eigenvalue weighted by atomic mass is 19.3. The molecule has 1 aliphatic rings. The number of alkyl halides is 2. The van der Waals surface area contributed by atoms with Gasteiger partial charge in [0.2, 0.25) is 5.82 Å². The second-order valence-corrected chi connectivity index (χ2v) is 10.2. The van der Waals surface area contributed by atoms with Gasteiger partial charge < -0.3 is 4.74 Å². The molecule has 1 saturated carbocycles. The van der Waals surface area contributed by atoms with E-state index in [0.717, 1.165) is 5.92 Å². The average Bonchev–Trinajstić information content (AvgIpc) is 2.85. The zero-order chi connectivity index (χ0) is 25.3. The first-order valence-corrected chi connectivity index (χ1v) is 13.4. The first-order valence-electron chi connectivity index (χ1n) is 13.4. The lowest BCUT2D eigenvalue weighted by Gasteiger charge is -2.29. The van der Waals surface area contributed by atoms with E-state index in [1.54, 1.807) is 19.1 Å². The molecular formula is C30H40F4O. The van der Waals surface area contributed by atoms with Crippen LogP contribution in [0.5, 0.6) is 5.75 Å². The first kappa shape index (κ1) is 27.5. The summed E-state index contributed by atoms with van der Waals surface area (Å²) in [5.74, 6) is -4.58. The zero-order valence-electron chi connectivity index (χ0n) is 21.2. The number of aryl methyl sites for hydroxylation is 1. The van der Waals surface area contributed by atoms with E-state index < -0.39 is 36.3 Å². The Balaban J connectivity index is 1.45. The van der Waals surface area contributed by atoms with E-state index in [9.17, 15) is 17.6 Å². The maximum absolute atomic E-state index is 14.5. The Morgan fingerprint density at radius 1 is 0.829 bits per heavy atom. The van der Waals surface area contributed by atoms with Gasteiger partial charge in [0.05, 0.1) is 0 Å². The molecule has 5 heteroatoms.